The van der Waals surface area contributed by atoms with Gasteiger partial charge in [-0.3, -0.25) is 4.79 Å². The molecule has 1 saturated heterocycles. The number of ketones is 1. The zero-order chi connectivity index (χ0) is 26.7. The van der Waals surface area contributed by atoms with Crippen molar-refractivity contribution in [2.24, 2.45) is 0 Å². The van der Waals surface area contributed by atoms with E-state index in [9.17, 15) is 9.90 Å². The molecule has 3 unspecified atom stereocenters. The lowest BCUT2D eigenvalue weighted by molar-refractivity contribution is -0.121. The van der Waals surface area contributed by atoms with Crippen molar-refractivity contribution in [2.45, 2.75) is 58.8 Å². The third-order valence-electron chi connectivity index (χ3n) is 7.04. The number of anilines is 1. The summed E-state index contributed by atoms with van der Waals surface area (Å²) in [5.41, 5.74) is 8.40. The molecule has 4 atom stereocenters. The predicted molar refractivity (Wildman–Crippen MR) is 154 cm³/mol. The summed E-state index contributed by atoms with van der Waals surface area (Å²) in [6, 6.07) is 18.4. The van der Waals surface area contributed by atoms with Crippen molar-refractivity contribution >= 4 is 26.0 Å². The molecule has 3 aromatic carbocycles. The molecular formula is C31H36NO4P. The molecule has 1 aliphatic rings. The zero-order valence-corrected chi connectivity index (χ0v) is 23.2. The third kappa shape index (κ3) is 6.13. The average molecular weight is 518 g/mol. The van der Waals surface area contributed by atoms with E-state index in [1.165, 1.54) is 5.56 Å². The number of nitrogens with one attached hydrogen (secondary N) is 1. The van der Waals surface area contributed by atoms with Crippen LogP contribution in [-0.2, 0) is 9.47 Å². The monoisotopic (exact) mass is 517 g/mol. The molecule has 4 rings (SSSR count). The molecule has 1 fully saturated rings. The van der Waals surface area contributed by atoms with E-state index in [0.717, 1.165) is 44.4 Å². The van der Waals surface area contributed by atoms with Crippen LogP contribution in [0.15, 0.2) is 67.1 Å². The van der Waals surface area contributed by atoms with Crippen molar-refractivity contribution in [3.8, 4) is 22.3 Å². The van der Waals surface area contributed by atoms with E-state index < -0.39 is 6.10 Å². The van der Waals surface area contributed by atoms with Crippen LogP contribution in [0.2, 0.25) is 0 Å². The number of aliphatic hydroxyl groups excluding tert-OH is 1. The maximum Gasteiger partial charge on any atom is 0.184 e. The number of rotatable bonds is 8. The fraction of sp³-hybridized carbons (Fsp3) is 0.323. The summed E-state index contributed by atoms with van der Waals surface area (Å²) in [7, 11) is 2.88. The summed E-state index contributed by atoms with van der Waals surface area (Å²) in [4.78, 5) is 11.9. The third-order valence-corrected chi connectivity index (χ3v) is 7.76. The quantitative estimate of drug-likeness (QED) is 0.213. The second-order valence-electron chi connectivity index (χ2n) is 9.72. The van der Waals surface area contributed by atoms with E-state index in [1.807, 2.05) is 38.1 Å². The SMILES string of the molecule is C=C(Nc1cc(C)c(-c2ccc(-c3ccc(C(=O)CC)cc3)cc2)c(P)c1C)OC1CO[C@H](C)C(O)C1. The second-order valence-corrected chi connectivity index (χ2v) is 10.3. The minimum Gasteiger partial charge on any atom is -0.474 e. The molecule has 5 nitrogen and oxygen atoms in total. The molecule has 0 aliphatic carbocycles. The van der Waals surface area contributed by atoms with Crippen molar-refractivity contribution in [1.29, 1.82) is 0 Å². The molecule has 2 N–H and O–H groups in total. The van der Waals surface area contributed by atoms with E-state index in [0.29, 0.717) is 25.3 Å². The highest BCUT2D eigenvalue weighted by Gasteiger charge is 2.28. The predicted octanol–water partition coefficient (Wildman–Crippen LogP) is 6.17. The summed E-state index contributed by atoms with van der Waals surface area (Å²) < 4.78 is 11.5. The van der Waals surface area contributed by atoms with E-state index in [1.54, 1.807) is 0 Å². The van der Waals surface area contributed by atoms with Gasteiger partial charge in [-0.2, -0.15) is 0 Å². The molecule has 1 heterocycles. The normalized spacial score (nSPS) is 19.4. The van der Waals surface area contributed by atoms with Gasteiger partial charge in [0.2, 0.25) is 0 Å². The van der Waals surface area contributed by atoms with Crippen molar-refractivity contribution < 1.29 is 19.4 Å². The Labute approximate surface area is 222 Å². The summed E-state index contributed by atoms with van der Waals surface area (Å²) in [5.74, 6) is 0.594. The van der Waals surface area contributed by atoms with Gasteiger partial charge in [0.05, 0.1) is 18.8 Å². The molecule has 0 saturated carbocycles. The van der Waals surface area contributed by atoms with Gasteiger partial charge in [-0.15, -0.1) is 9.24 Å². The smallest absolute Gasteiger partial charge is 0.184 e. The lowest BCUT2D eigenvalue weighted by Crippen LogP contribution is -2.40. The van der Waals surface area contributed by atoms with Gasteiger partial charge < -0.3 is 19.9 Å². The summed E-state index contributed by atoms with van der Waals surface area (Å²) in [5, 5.41) is 14.5. The van der Waals surface area contributed by atoms with Crippen molar-refractivity contribution in [3.63, 3.8) is 0 Å². The highest BCUT2D eigenvalue weighted by atomic mass is 31.0. The minimum atomic E-state index is -0.538. The lowest BCUT2D eigenvalue weighted by atomic mass is 9.94. The standard InChI is InChI=1S/C31H36NO4P/c1-6-28(33)24-11-7-22(8-12-24)23-9-13-25(14-10-23)30-18(2)15-27(19(3)31(30)37)32-21(5)36-26-16-29(34)20(4)35-17-26/h7-15,20,26,29,32,34H,5-6,16-17,37H2,1-4H3/t20-,26?,29?/m1/s1. The molecular weight excluding hydrogens is 481 g/mol. The maximum absolute atomic E-state index is 11.9. The van der Waals surface area contributed by atoms with Crippen molar-refractivity contribution in [1.82, 2.24) is 0 Å². The van der Waals surface area contributed by atoms with E-state index in [4.69, 9.17) is 9.47 Å². The number of carbonyl (C=O) groups excluding carboxylic acids is 1. The Kier molecular flexibility index (Phi) is 8.49. The van der Waals surface area contributed by atoms with E-state index in [2.05, 4.69) is 65.3 Å². The van der Waals surface area contributed by atoms with E-state index >= 15 is 0 Å². The molecule has 37 heavy (non-hydrogen) atoms. The van der Waals surface area contributed by atoms with Gasteiger partial charge in [0.1, 0.15) is 6.10 Å². The van der Waals surface area contributed by atoms with Crippen LogP contribution in [0, 0.1) is 13.8 Å². The molecule has 6 heteroatoms. The summed E-state index contributed by atoms with van der Waals surface area (Å²) >= 11 is 0. The molecule has 1 aliphatic heterocycles. The molecule has 0 amide bonds. The molecule has 0 bridgehead atoms. The van der Waals surface area contributed by atoms with Gasteiger partial charge in [-0.1, -0.05) is 55.5 Å². The largest absolute Gasteiger partial charge is 0.474 e. The van der Waals surface area contributed by atoms with Crippen LogP contribution < -0.4 is 10.6 Å². The first-order valence-corrected chi connectivity index (χ1v) is 13.3. The molecule has 194 valence electrons. The van der Waals surface area contributed by atoms with Crippen LogP contribution in [0.4, 0.5) is 5.69 Å². The summed E-state index contributed by atoms with van der Waals surface area (Å²) in [6.45, 7) is 12.4. The first-order valence-electron chi connectivity index (χ1n) is 12.7. The Bertz CT molecular complexity index is 1280. The second kappa shape index (κ2) is 11.6. The topological polar surface area (TPSA) is 67.8 Å². The number of Topliss-reactive ketones (excluding diaryl/α,β-unsaturated/α-hetero) is 1. The number of benzene rings is 3. The lowest BCUT2D eigenvalue weighted by Gasteiger charge is -2.32. The van der Waals surface area contributed by atoms with Crippen LogP contribution in [0.3, 0.4) is 0 Å². The first-order chi connectivity index (χ1) is 17.7. The van der Waals surface area contributed by atoms with Crippen molar-refractivity contribution in [2.75, 3.05) is 11.9 Å². The maximum atomic E-state index is 11.9. The Morgan fingerprint density at radius 3 is 2.30 bits per heavy atom. The Morgan fingerprint density at radius 2 is 1.70 bits per heavy atom. The highest BCUT2D eigenvalue weighted by Crippen LogP contribution is 2.32. The molecule has 0 aromatic heterocycles. The zero-order valence-electron chi connectivity index (χ0n) is 22.0. The number of aryl methyl sites for hydroxylation is 1. The summed E-state index contributed by atoms with van der Waals surface area (Å²) in [6.07, 6.45) is 0.0847. The van der Waals surface area contributed by atoms with Crippen molar-refractivity contribution in [3.05, 3.63) is 83.7 Å². The number of carbonyl (C=O) groups is 1. The Hall–Kier alpha value is -2.98. The van der Waals surface area contributed by atoms with Gasteiger partial charge in [0.15, 0.2) is 11.7 Å². The van der Waals surface area contributed by atoms with Gasteiger partial charge in [0.25, 0.3) is 0 Å². The van der Waals surface area contributed by atoms with Crippen LogP contribution in [-0.4, -0.2) is 35.8 Å². The van der Waals surface area contributed by atoms with Crippen LogP contribution >= 0.6 is 9.24 Å². The van der Waals surface area contributed by atoms with Gasteiger partial charge in [-0.25, -0.2) is 0 Å². The fourth-order valence-corrected chi connectivity index (χ4v) is 5.25. The van der Waals surface area contributed by atoms with Crippen LogP contribution in [0.1, 0.15) is 48.2 Å². The van der Waals surface area contributed by atoms with Crippen LogP contribution in [0.25, 0.3) is 22.3 Å². The average Bonchev–Trinajstić information content (AvgIpc) is 2.89. The number of hydrogen-bond acceptors (Lipinski definition) is 5. The number of ether oxygens (including phenoxy) is 2. The Balaban J connectivity index is 1.49. The van der Waals surface area contributed by atoms with E-state index in [-0.39, 0.29) is 18.0 Å². The van der Waals surface area contributed by atoms with Crippen LogP contribution in [0.5, 0.6) is 0 Å². The van der Waals surface area contributed by atoms with Gasteiger partial charge in [0, 0.05) is 24.1 Å². The molecule has 0 spiro atoms. The van der Waals surface area contributed by atoms with Gasteiger partial charge >= 0.3 is 0 Å². The highest BCUT2D eigenvalue weighted by molar-refractivity contribution is 7.28. The fourth-order valence-electron chi connectivity index (χ4n) is 4.70. The first kappa shape index (κ1) is 27.1. The van der Waals surface area contributed by atoms with Gasteiger partial charge in [-0.05, 0) is 72.1 Å². The minimum absolute atomic E-state index is 0.158. The number of hydrogen-bond donors (Lipinski definition) is 2. The number of aliphatic hydroxyl groups is 1. The molecule has 3 aromatic rings. The molecule has 0 radical (unpaired) electrons. The Morgan fingerprint density at radius 1 is 1.11 bits per heavy atom.